The number of nitrogens with one attached hydrogen (secondary N) is 1. The van der Waals surface area contributed by atoms with Gasteiger partial charge in [-0.3, -0.25) is 0 Å². The Kier molecular flexibility index (Phi) is 4.81. The summed E-state index contributed by atoms with van der Waals surface area (Å²) in [6, 6.07) is 5.25. The minimum Gasteiger partial charge on any atom is -0.493 e. The van der Waals surface area contributed by atoms with Crippen LogP contribution in [-0.4, -0.2) is 25.8 Å². The summed E-state index contributed by atoms with van der Waals surface area (Å²) in [6.07, 6.45) is 4.10. The van der Waals surface area contributed by atoms with Gasteiger partial charge in [-0.05, 0) is 49.9 Å². The van der Waals surface area contributed by atoms with Crippen LogP contribution in [0.2, 0.25) is 0 Å². The first-order valence-electron chi connectivity index (χ1n) is 6.95. The molecule has 1 aromatic rings. The van der Waals surface area contributed by atoms with E-state index in [1.54, 1.807) is 12.1 Å². The van der Waals surface area contributed by atoms with Gasteiger partial charge in [0.15, 0.2) is 11.5 Å². The van der Waals surface area contributed by atoms with Crippen LogP contribution < -0.4 is 14.8 Å². The minimum absolute atomic E-state index is 0.0800. The summed E-state index contributed by atoms with van der Waals surface area (Å²) < 4.78 is 34.4. The lowest BCUT2D eigenvalue weighted by molar-refractivity contribution is -0.0512. The summed E-state index contributed by atoms with van der Waals surface area (Å²) in [4.78, 5) is 0. The third-order valence-corrected chi connectivity index (χ3v) is 4.00. The van der Waals surface area contributed by atoms with Crippen molar-refractivity contribution < 1.29 is 18.3 Å². The molecule has 0 aliphatic carbocycles. The number of hydrogen-bond acceptors (Lipinski definition) is 3. The number of hydrogen-bond donors (Lipinski definition) is 1. The van der Waals surface area contributed by atoms with E-state index in [1.807, 2.05) is 6.07 Å². The van der Waals surface area contributed by atoms with Crippen molar-refractivity contribution in [3.05, 3.63) is 23.8 Å². The largest absolute Gasteiger partial charge is 0.493 e. The summed E-state index contributed by atoms with van der Waals surface area (Å²) in [5.41, 5.74) is 1.06. The van der Waals surface area contributed by atoms with E-state index < -0.39 is 6.61 Å². The second kappa shape index (κ2) is 6.39. The topological polar surface area (TPSA) is 30.5 Å². The molecule has 1 aliphatic heterocycles. The first kappa shape index (κ1) is 15.0. The van der Waals surface area contributed by atoms with Crippen LogP contribution in [0.25, 0.3) is 0 Å². The summed E-state index contributed by atoms with van der Waals surface area (Å²) in [5.74, 6) is 0.434. The van der Waals surface area contributed by atoms with Crippen molar-refractivity contribution in [2.24, 2.45) is 0 Å². The Balaban J connectivity index is 2.19. The van der Waals surface area contributed by atoms with Crippen molar-refractivity contribution in [2.45, 2.75) is 44.8 Å². The lowest BCUT2D eigenvalue weighted by Gasteiger charge is -2.28. The maximum atomic E-state index is 12.4. The summed E-state index contributed by atoms with van der Waals surface area (Å²) in [5, 5.41) is 3.54. The Bertz CT molecular complexity index is 445. The van der Waals surface area contributed by atoms with Crippen LogP contribution in [0, 0.1) is 0 Å². The van der Waals surface area contributed by atoms with Crippen molar-refractivity contribution in [3.8, 4) is 11.5 Å². The quantitative estimate of drug-likeness (QED) is 0.869. The number of ether oxygens (including phenoxy) is 2. The summed E-state index contributed by atoms with van der Waals surface area (Å²) >= 11 is 0. The molecule has 2 rings (SSSR count). The first-order valence-corrected chi connectivity index (χ1v) is 6.95. The van der Waals surface area contributed by atoms with E-state index >= 15 is 0 Å². The second-order valence-corrected chi connectivity index (χ2v) is 5.20. The van der Waals surface area contributed by atoms with Gasteiger partial charge in [-0.1, -0.05) is 13.0 Å². The predicted octanol–water partition coefficient (Wildman–Crippen LogP) is 3.37. The van der Waals surface area contributed by atoms with E-state index in [4.69, 9.17) is 4.74 Å². The maximum Gasteiger partial charge on any atom is 0.387 e. The monoisotopic (exact) mass is 285 g/mol. The fraction of sp³-hybridized carbons (Fsp3) is 0.600. The highest BCUT2D eigenvalue weighted by atomic mass is 19.3. The zero-order chi connectivity index (χ0) is 14.6. The SMILES string of the molecule is CCC1(Cc2ccc(OC)c(OC(F)F)c2)CCCN1. The van der Waals surface area contributed by atoms with Crippen LogP contribution in [0.5, 0.6) is 11.5 Å². The van der Waals surface area contributed by atoms with Crippen LogP contribution >= 0.6 is 0 Å². The number of rotatable bonds is 6. The molecule has 0 aromatic heterocycles. The third-order valence-electron chi connectivity index (χ3n) is 4.00. The average molecular weight is 285 g/mol. The molecular weight excluding hydrogens is 264 g/mol. The van der Waals surface area contributed by atoms with Crippen molar-refractivity contribution >= 4 is 0 Å². The Hall–Kier alpha value is -1.36. The van der Waals surface area contributed by atoms with Gasteiger partial charge in [-0.25, -0.2) is 0 Å². The highest BCUT2D eigenvalue weighted by Crippen LogP contribution is 2.33. The highest BCUT2D eigenvalue weighted by Gasteiger charge is 2.31. The smallest absolute Gasteiger partial charge is 0.387 e. The van der Waals surface area contributed by atoms with Gasteiger partial charge in [0.25, 0.3) is 0 Å². The fourth-order valence-corrected chi connectivity index (χ4v) is 2.86. The van der Waals surface area contributed by atoms with Gasteiger partial charge in [0.2, 0.25) is 0 Å². The minimum atomic E-state index is -2.84. The van der Waals surface area contributed by atoms with E-state index in [9.17, 15) is 8.78 Å². The lowest BCUT2D eigenvalue weighted by Crippen LogP contribution is -2.41. The average Bonchev–Trinajstić information content (AvgIpc) is 2.87. The molecule has 112 valence electrons. The van der Waals surface area contributed by atoms with Gasteiger partial charge in [-0.15, -0.1) is 0 Å². The lowest BCUT2D eigenvalue weighted by atomic mass is 9.87. The van der Waals surface area contributed by atoms with Crippen LogP contribution in [-0.2, 0) is 6.42 Å². The van der Waals surface area contributed by atoms with Crippen LogP contribution in [0.3, 0.4) is 0 Å². The van der Waals surface area contributed by atoms with Gasteiger partial charge in [0.1, 0.15) is 0 Å². The molecule has 0 saturated carbocycles. The molecule has 1 aromatic carbocycles. The van der Waals surface area contributed by atoms with Gasteiger partial charge in [-0.2, -0.15) is 8.78 Å². The Morgan fingerprint density at radius 3 is 2.70 bits per heavy atom. The standard InChI is InChI=1S/C15H21F2NO2/c1-3-15(7-4-8-18-15)10-11-5-6-12(19-2)13(9-11)20-14(16)17/h5-6,9,14,18H,3-4,7-8,10H2,1-2H3. The molecule has 0 bridgehead atoms. The molecule has 0 amide bonds. The van der Waals surface area contributed by atoms with E-state index in [0.29, 0.717) is 5.75 Å². The van der Waals surface area contributed by atoms with Crippen molar-refractivity contribution in [3.63, 3.8) is 0 Å². The van der Waals surface area contributed by atoms with Gasteiger partial charge < -0.3 is 14.8 Å². The molecule has 5 heteroatoms. The second-order valence-electron chi connectivity index (χ2n) is 5.20. The fourth-order valence-electron chi connectivity index (χ4n) is 2.86. The van der Waals surface area contributed by atoms with Gasteiger partial charge in [0, 0.05) is 5.54 Å². The molecule has 1 atom stereocenters. The molecule has 3 nitrogen and oxygen atoms in total. The number of methoxy groups -OCH3 is 1. The third kappa shape index (κ3) is 3.39. The summed E-state index contributed by atoms with van der Waals surface area (Å²) in [7, 11) is 1.44. The van der Waals surface area contributed by atoms with Crippen LogP contribution in [0.15, 0.2) is 18.2 Å². The highest BCUT2D eigenvalue weighted by molar-refractivity contribution is 5.43. The van der Waals surface area contributed by atoms with Crippen LogP contribution in [0.1, 0.15) is 31.7 Å². The molecule has 1 unspecified atom stereocenters. The molecule has 1 aliphatic rings. The Labute approximate surface area is 118 Å². The Morgan fingerprint density at radius 1 is 1.35 bits per heavy atom. The molecule has 0 radical (unpaired) electrons. The van der Waals surface area contributed by atoms with Crippen molar-refractivity contribution in [2.75, 3.05) is 13.7 Å². The zero-order valence-electron chi connectivity index (χ0n) is 11.9. The molecule has 1 saturated heterocycles. The predicted molar refractivity (Wildman–Crippen MR) is 73.6 cm³/mol. The van der Waals surface area contributed by atoms with Crippen molar-refractivity contribution in [1.29, 1.82) is 0 Å². The van der Waals surface area contributed by atoms with Crippen LogP contribution in [0.4, 0.5) is 8.78 Å². The van der Waals surface area contributed by atoms with Gasteiger partial charge in [0.05, 0.1) is 7.11 Å². The molecule has 1 N–H and O–H groups in total. The van der Waals surface area contributed by atoms with E-state index in [0.717, 1.165) is 37.8 Å². The molecule has 1 fully saturated rings. The van der Waals surface area contributed by atoms with Crippen molar-refractivity contribution in [1.82, 2.24) is 5.32 Å². The molecule has 0 spiro atoms. The summed E-state index contributed by atoms with van der Waals surface area (Å²) in [6.45, 7) is 0.326. The van der Waals surface area contributed by atoms with Gasteiger partial charge >= 0.3 is 6.61 Å². The van der Waals surface area contributed by atoms with E-state index in [-0.39, 0.29) is 11.3 Å². The number of benzene rings is 1. The van der Waals surface area contributed by atoms with E-state index in [2.05, 4.69) is 17.0 Å². The first-order chi connectivity index (χ1) is 9.58. The zero-order valence-corrected chi connectivity index (χ0v) is 11.9. The Morgan fingerprint density at radius 2 is 2.15 bits per heavy atom. The van der Waals surface area contributed by atoms with E-state index in [1.165, 1.54) is 7.11 Å². The molecule has 20 heavy (non-hydrogen) atoms. The number of halogens is 2. The number of alkyl halides is 2. The normalized spacial score (nSPS) is 22.2. The maximum absolute atomic E-state index is 12.4. The molecular formula is C15H21F2NO2. The molecule has 1 heterocycles.